The van der Waals surface area contributed by atoms with Gasteiger partial charge < -0.3 is 11.1 Å². The minimum absolute atomic E-state index is 0.0523. The second-order valence-electron chi connectivity index (χ2n) is 3.55. The van der Waals surface area contributed by atoms with Crippen molar-refractivity contribution in [3.05, 3.63) is 35.7 Å². The highest BCUT2D eigenvalue weighted by Gasteiger charge is 2.10. The molecule has 1 aromatic carbocycles. The summed E-state index contributed by atoms with van der Waals surface area (Å²) in [5.41, 5.74) is 7.24. The van der Waals surface area contributed by atoms with Crippen molar-refractivity contribution >= 4 is 17.5 Å². The Hall–Kier alpha value is -2.37. The van der Waals surface area contributed by atoms with E-state index in [0.29, 0.717) is 5.69 Å². The van der Waals surface area contributed by atoms with E-state index in [9.17, 15) is 4.79 Å². The van der Waals surface area contributed by atoms with Crippen molar-refractivity contribution in [3.63, 3.8) is 0 Å². The Bertz CT molecular complexity index is 517. The number of H-pyrrole nitrogens is 1. The summed E-state index contributed by atoms with van der Waals surface area (Å²) < 4.78 is 0. The topological polar surface area (TPSA) is 96.7 Å². The molecule has 6 heteroatoms. The molecule has 88 valence electrons. The number of carbonyl (C=O) groups is 1. The van der Waals surface area contributed by atoms with Crippen molar-refractivity contribution < 1.29 is 4.79 Å². The molecule has 2 rings (SSSR count). The Kier molecular flexibility index (Phi) is 3.04. The van der Waals surface area contributed by atoms with Gasteiger partial charge in [0.05, 0.1) is 0 Å². The predicted molar refractivity (Wildman–Crippen MR) is 64.6 cm³/mol. The van der Waals surface area contributed by atoms with Crippen LogP contribution >= 0.6 is 0 Å². The highest BCUT2D eigenvalue weighted by Crippen LogP contribution is 2.10. The van der Waals surface area contributed by atoms with Crippen LogP contribution in [0.2, 0.25) is 0 Å². The molecule has 2 aromatic rings. The second kappa shape index (κ2) is 4.65. The molecule has 0 aliphatic rings. The highest BCUT2D eigenvalue weighted by atomic mass is 16.2. The molecular weight excluding hydrogens is 218 g/mol. The van der Waals surface area contributed by atoms with Crippen LogP contribution in [0.1, 0.15) is 23.1 Å². The molecule has 0 fully saturated rings. The number of aromatic nitrogens is 3. The van der Waals surface area contributed by atoms with Crippen molar-refractivity contribution in [1.29, 1.82) is 0 Å². The maximum atomic E-state index is 11.7. The zero-order valence-corrected chi connectivity index (χ0v) is 9.40. The average molecular weight is 231 g/mol. The molecule has 0 unspecified atom stereocenters. The van der Waals surface area contributed by atoms with Gasteiger partial charge in [-0.1, -0.05) is 19.1 Å². The summed E-state index contributed by atoms with van der Waals surface area (Å²) in [7, 11) is 0. The van der Waals surface area contributed by atoms with Gasteiger partial charge in [-0.3, -0.25) is 9.89 Å². The van der Waals surface area contributed by atoms with Gasteiger partial charge in [0.1, 0.15) is 0 Å². The first-order valence-electron chi connectivity index (χ1n) is 5.27. The van der Waals surface area contributed by atoms with E-state index in [-0.39, 0.29) is 17.7 Å². The molecule has 6 nitrogen and oxygen atoms in total. The van der Waals surface area contributed by atoms with E-state index in [0.717, 1.165) is 6.42 Å². The van der Waals surface area contributed by atoms with Crippen molar-refractivity contribution in [2.45, 2.75) is 13.3 Å². The lowest BCUT2D eigenvalue weighted by Crippen LogP contribution is -2.13. The lowest BCUT2D eigenvalue weighted by atomic mass is 10.1. The van der Waals surface area contributed by atoms with Crippen molar-refractivity contribution in [2.24, 2.45) is 0 Å². The van der Waals surface area contributed by atoms with Crippen LogP contribution < -0.4 is 11.1 Å². The Balaban J connectivity index is 2.07. The van der Waals surface area contributed by atoms with Crippen LogP contribution in [0.15, 0.2) is 24.3 Å². The Morgan fingerprint density at radius 3 is 2.65 bits per heavy atom. The number of hydrogen-bond donors (Lipinski definition) is 3. The maximum absolute atomic E-state index is 11.7. The molecule has 0 aliphatic carbocycles. The fraction of sp³-hybridized carbons (Fsp3) is 0.182. The molecular formula is C11H13N5O. The minimum Gasteiger partial charge on any atom is -0.366 e. The van der Waals surface area contributed by atoms with Crippen LogP contribution in [0.5, 0.6) is 0 Å². The average Bonchev–Trinajstić information content (AvgIpc) is 2.77. The van der Waals surface area contributed by atoms with Gasteiger partial charge in [-0.2, -0.15) is 4.98 Å². The first-order valence-corrected chi connectivity index (χ1v) is 5.27. The van der Waals surface area contributed by atoms with Crippen LogP contribution in [-0.4, -0.2) is 21.1 Å². The summed E-state index contributed by atoms with van der Waals surface area (Å²) in [6.07, 6.45) is 0.965. The van der Waals surface area contributed by atoms with Crippen LogP contribution in [0.25, 0.3) is 0 Å². The van der Waals surface area contributed by atoms with Gasteiger partial charge in [0.15, 0.2) is 0 Å². The lowest BCUT2D eigenvalue weighted by Gasteiger charge is -2.03. The van der Waals surface area contributed by atoms with Crippen molar-refractivity contribution in [1.82, 2.24) is 15.2 Å². The van der Waals surface area contributed by atoms with E-state index in [1.807, 2.05) is 24.3 Å². The number of aryl methyl sites for hydroxylation is 1. The molecule has 0 atom stereocenters. The molecule has 0 spiro atoms. The Morgan fingerprint density at radius 1 is 1.41 bits per heavy atom. The summed E-state index contributed by atoms with van der Waals surface area (Å²) in [6, 6.07) is 7.61. The van der Waals surface area contributed by atoms with Gasteiger partial charge in [0, 0.05) is 5.69 Å². The van der Waals surface area contributed by atoms with Crippen LogP contribution in [-0.2, 0) is 6.42 Å². The normalized spacial score (nSPS) is 10.2. The Labute approximate surface area is 98.3 Å². The number of nitrogen functional groups attached to an aromatic ring is 1. The van der Waals surface area contributed by atoms with Crippen LogP contribution in [0, 0.1) is 0 Å². The summed E-state index contributed by atoms with van der Waals surface area (Å²) in [5.74, 6) is -0.211. The molecule has 1 aromatic heterocycles. The summed E-state index contributed by atoms with van der Waals surface area (Å²) >= 11 is 0. The van der Waals surface area contributed by atoms with E-state index in [1.165, 1.54) is 5.56 Å². The number of amides is 1. The summed E-state index contributed by atoms with van der Waals surface area (Å²) in [6.45, 7) is 2.07. The zero-order chi connectivity index (χ0) is 12.3. The molecule has 17 heavy (non-hydrogen) atoms. The van der Waals surface area contributed by atoms with Gasteiger partial charge in [-0.15, -0.1) is 5.10 Å². The summed E-state index contributed by atoms with van der Waals surface area (Å²) in [4.78, 5) is 15.4. The van der Waals surface area contributed by atoms with Gasteiger partial charge in [0.2, 0.25) is 11.8 Å². The van der Waals surface area contributed by atoms with Gasteiger partial charge in [-0.25, -0.2) is 0 Å². The van der Waals surface area contributed by atoms with E-state index in [2.05, 4.69) is 27.4 Å². The SMILES string of the molecule is CCc1ccc(NC(=O)c2nc(N)n[nH]2)cc1. The molecule has 1 amide bonds. The number of hydrogen-bond acceptors (Lipinski definition) is 4. The standard InChI is InChI=1S/C11H13N5O/c1-2-7-3-5-8(6-4-7)13-10(17)9-14-11(12)16-15-9/h3-6H,2H2,1H3,(H,13,17)(H3,12,14,15,16). The van der Waals surface area contributed by atoms with Gasteiger partial charge in [-0.05, 0) is 24.1 Å². The van der Waals surface area contributed by atoms with Crippen LogP contribution in [0.3, 0.4) is 0 Å². The third-order valence-corrected chi connectivity index (χ3v) is 2.34. The van der Waals surface area contributed by atoms with Gasteiger partial charge >= 0.3 is 0 Å². The third-order valence-electron chi connectivity index (χ3n) is 2.34. The molecule has 1 heterocycles. The molecule has 4 N–H and O–H groups in total. The number of nitrogens with zero attached hydrogens (tertiary/aromatic N) is 2. The lowest BCUT2D eigenvalue weighted by molar-refractivity contribution is 0.101. The molecule has 0 aliphatic heterocycles. The van der Waals surface area contributed by atoms with Crippen molar-refractivity contribution in [2.75, 3.05) is 11.1 Å². The molecule has 0 radical (unpaired) electrons. The van der Waals surface area contributed by atoms with Crippen LogP contribution in [0.4, 0.5) is 11.6 Å². The van der Waals surface area contributed by atoms with Gasteiger partial charge in [0.25, 0.3) is 5.91 Å². The fourth-order valence-corrected chi connectivity index (χ4v) is 1.39. The zero-order valence-electron chi connectivity index (χ0n) is 9.40. The van der Waals surface area contributed by atoms with E-state index in [1.54, 1.807) is 0 Å². The number of anilines is 2. The second-order valence-corrected chi connectivity index (χ2v) is 3.55. The fourth-order valence-electron chi connectivity index (χ4n) is 1.39. The largest absolute Gasteiger partial charge is 0.366 e. The number of carbonyl (C=O) groups excluding carboxylic acids is 1. The molecule has 0 saturated carbocycles. The first kappa shape index (κ1) is 11.1. The predicted octanol–water partition coefficient (Wildman–Crippen LogP) is 1.20. The maximum Gasteiger partial charge on any atom is 0.293 e. The van der Waals surface area contributed by atoms with E-state index in [4.69, 9.17) is 5.73 Å². The first-order chi connectivity index (χ1) is 8.19. The van der Waals surface area contributed by atoms with E-state index >= 15 is 0 Å². The highest BCUT2D eigenvalue weighted by molar-refractivity contribution is 6.01. The number of benzene rings is 1. The van der Waals surface area contributed by atoms with Crippen molar-refractivity contribution in [3.8, 4) is 0 Å². The molecule has 0 saturated heterocycles. The monoisotopic (exact) mass is 231 g/mol. The number of rotatable bonds is 3. The quantitative estimate of drug-likeness (QED) is 0.739. The summed E-state index contributed by atoms with van der Waals surface area (Å²) in [5, 5.41) is 8.73. The minimum atomic E-state index is -0.363. The molecule has 0 bridgehead atoms. The smallest absolute Gasteiger partial charge is 0.293 e. The third kappa shape index (κ3) is 2.60. The number of nitrogens with two attached hydrogens (primary N) is 1. The van der Waals surface area contributed by atoms with E-state index < -0.39 is 0 Å². The number of nitrogens with one attached hydrogen (secondary N) is 2. The Morgan fingerprint density at radius 2 is 2.12 bits per heavy atom. The number of aromatic amines is 1.